The SMILES string of the molecule is Nc1ccc(C(N)O)c(Cl)c1. The predicted molar refractivity (Wildman–Crippen MR) is 45.0 cm³/mol. The Morgan fingerprint density at radius 3 is 2.55 bits per heavy atom. The average molecular weight is 173 g/mol. The number of hydrogen-bond donors (Lipinski definition) is 3. The fourth-order valence-electron chi connectivity index (χ4n) is 0.783. The Kier molecular flexibility index (Phi) is 2.34. The highest BCUT2D eigenvalue weighted by atomic mass is 35.5. The normalized spacial score (nSPS) is 13.0. The van der Waals surface area contributed by atoms with E-state index in [0.29, 0.717) is 16.3 Å². The van der Waals surface area contributed by atoms with Gasteiger partial charge < -0.3 is 16.6 Å². The van der Waals surface area contributed by atoms with Gasteiger partial charge in [-0.15, -0.1) is 0 Å². The van der Waals surface area contributed by atoms with E-state index in [9.17, 15) is 0 Å². The van der Waals surface area contributed by atoms with E-state index in [2.05, 4.69) is 0 Å². The Hall–Kier alpha value is -0.770. The molecule has 1 rings (SSSR count). The van der Waals surface area contributed by atoms with Crippen molar-refractivity contribution in [3.05, 3.63) is 28.8 Å². The molecule has 0 aliphatic heterocycles. The molecule has 0 fully saturated rings. The molecule has 0 bridgehead atoms. The molecule has 0 saturated carbocycles. The van der Waals surface area contributed by atoms with Crippen molar-refractivity contribution < 1.29 is 5.11 Å². The molecule has 0 spiro atoms. The lowest BCUT2D eigenvalue weighted by Crippen LogP contribution is -2.09. The van der Waals surface area contributed by atoms with E-state index in [1.165, 1.54) is 0 Å². The standard InChI is InChI=1S/C7H9ClN2O/c8-6-3-4(9)1-2-5(6)7(10)11/h1-3,7,11H,9-10H2. The lowest BCUT2D eigenvalue weighted by molar-refractivity contribution is 0.186. The molecule has 0 radical (unpaired) electrons. The van der Waals surface area contributed by atoms with Crippen LogP contribution in [0.2, 0.25) is 5.02 Å². The molecule has 1 atom stereocenters. The van der Waals surface area contributed by atoms with Crippen LogP contribution in [0.5, 0.6) is 0 Å². The van der Waals surface area contributed by atoms with Crippen LogP contribution in [0.15, 0.2) is 18.2 Å². The number of anilines is 1. The lowest BCUT2D eigenvalue weighted by atomic mass is 10.2. The van der Waals surface area contributed by atoms with Crippen molar-refractivity contribution in [1.29, 1.82) is 0 Å². The van der Waals surface area contributed by atoms with Gasteiger partial charge in [0, 0.05) is 16.3 Å². The average Bonchev–Trinajstić information content (AvgIpc) is 1.85. The zero-order valence-corrected chi connectivity index (χ0v) is 6.55. The van der Waals surface area contributed by atoms with Crippen LogP contribution in [0.1, 0.15) is 11.8 Å². The fourth-order valence-corrected chi connectivity index (χ4v) is 1.08. The van der Waals surface area contributed by atoms with Gasteiger partial charge in [0.25, 0.3) is 0 Å². The van der Waals surface area contributed by atoms with Crippen molar-refractivity contribution in [3.8, 4) is 0 Å². The lowest BCUT2D eigenvalue weighted by Gasteiger charge is -2.06. The van der Waals surface area contributed by atoms with E-state index < -0.39 is 6.23 Å². The second-order valence-corrected chi connectivity index (χ2v) is 2.63. The van der Waals surface area contributed by atoms with Crippen LogP contribution >= 0.6 is 11.6 Å². The van der Waals surface area contributed by atoms with Gasteiger partial charge in [0.05, 0.1) is 0 Å². The third kappa shape index (κ3) is 1.83. The largest absolute Gasteiger partial charge is 0.399 e. The predicted octanol–water partition coefficient (Wildman–Crippen LogP) is 0.872. The summed E-state index contributed by atoms with van der Waals surface area (Å²) in [6.45, 7) is 0. The Labute approximate surface area is 69.6 Å². The van der Waals surface area contributed by atoms with Gasteiger partial charge in [-0.05, 0) is 12.1 Å². The number of aliphatic hydroxyl groups excluding tert-OH is 1. The zero-order valence-electron chi connectivity index (χ0n) is 5.79. The maximum Gasteiger partial charge on any atom is 0.130 e. The molecule has 0 saturated heterocycles. The maximum absolute atomic E-state index is 8.95. The van der Waals surface area contributed by atoms with E-state index in [-0.39, 0.29) is 0 Å². The minimum atomic E-state index is -1.04. The molecule has 0 aliphatic carbocycles. The Bertz CT molecular complexity index is 263. The summed E-state index contributed by atoms with van der Waals surface area (Å²) in [4.78, 5) is 0. The summed E-state index contributed by atoms with van der Waals surface area (Å²) >= 11 is 5.70. The molecule has 0 aromatic heterocycles. The third-order valence-corrected chi connectivity index (χ3v) is 1.67. The van der Waals surface area contributed by atoms with Gasteiger partial charge in [-0.3, -0.25) is 0 Å². The van der Waals surface area contributed by atoms with Crippen molar-refractivity contribution >= 4 is 17.3 Å². The van der Waals surface area contributed by atoms with Crippen LogP contribution < -0.4 is 11.5 Å². The summed E-state index contributed by atoms with van der Waals surface area (Å²) in [5.41, 5.74) is 11.7. The molecule has 1 aromatic rings. The smallest absolute Gasteiger partial charge is 0.130 e. The second kappa shape index (κ2) is 3.09. The van der Waals surface area contributed by atoms with Gasteiger partial charge >= 0.3 is 0 Å². The van der Waals surface area contributed by atoms with Gasteiger partial charge in [-0.25, -0.2) is 0 Å². The minimum absolute atomic E-state index is 0.389. The number of aliphatic hydroxyl groups is 1. The van der Waals surface area contributed by atoms with Gasteiger partial charge in [0.15, 0.2) is 0 Å². The summed E-state index contributed by atoms with van der Waals surface area (Å²) in [5, 5.41) is 9.34. The molecule has 5 N–H and O–H groups in total. The highest BCUT2D eigenvalue weighted by molar-refractivity contribution is 6.31. The number of nitrogens with two attached hydrogens (primary N) is 2. The van der Waals surface area contributed by atoms with Crippen LogP contribution in [-0.4, -0.2) is 5.11 Å². The first-order valence-corrected chi connectivity index (χ1v) is 3.47. The van der Waals surface area contributed by atoms with E-state index in [1.54, 1.807) is 18.2 Å². The van der Waals surface area contributed by atoms with Gasteiger partial charge in [0.2, 0.25) is 0 Å². The summed E-state index contributed by atoms with van der Waals surface area (Å²) in [6, 6.07) is 4.78. The van der Waals surface area contributed by atoms with Crippen LogP contribution in [-0.2, 0) is 0 Å². The van der Waals surface area contributed by atoms with E-state index in [0.717, 1.165) is 0 Å². The highest BCUT2D eigenvalue weighted by Crippen LogP contribution is 2.22. The zero-order chi connectivity index (χ0) is 8.43. The van der Waals surface area contributed by atoms with Gasteiger partial charge in [-0.2, -0.15) is 0 Å². The Balaban J connectivity index is 3.09. The van der Waals surface area contributed by atoms with Crippen LogP contribution in [0, 0.1) is 0 Å². The van der Waals surface area contributed by atoms with Crippen molar-refractivity contribution in [2.75, 3.05) is 5.73 Å². The third-order valence-electron chi connectivity index (χ3n) is 1.34. The van der Waals surface area contributed by atoms with Crippen molar-refractivity contribution in [3.63, 3.8) is 0 Å². The Morgan fingerprint density at radius 1 is 1.45 bits per heavy atom. The van der Waals surface area contributed by atoms with E-state index >= 15 is 0 Å². The van der Waals surface area contributed by atoms with Crippen molar-refractivity contribution in [1.82, 2.24) is 0 Å². The minimum Gasteiger partial charge on any atom is -0.399 e. The first-order valence-electron chi connectivity index (χ1n) is 3.10. The van der Waals surface area contributed by atoms with Crippen molar-refractivity contribution in [2.45, 2.75) is 6.23 Å². The molecule has 0 heterocycles. The number of nitrogen functional groups attached to an aromatic ring is 1. The fraction of sp³-hybridized carbons (Fsp3) is 0.143. The van der Waals surface area contributed by atoms with E-state index in [4.69, 9.17) is 28.2 Å². The maximum atomic E-state index is 8.95. The van der Waals surface area contributed by atoms with Crippen LogP contribution in [0.25, 0.3) is 0 Å². The molecule has 11 heavy (non-hydrogen) atoms. The summed E-state index contributed by atoms with van der Waals surface area (Å²) in [5.74, 6) is 0. The topological polar surface area (TPSA) is 72.3 Å². The summed E-state index contributed by atoms with van der Waals surface area (Å²) in [6.07, 6.45) is -1.04. The van der Waals surface area contributed by atoms with Crippen LogP contribution in [0.4, 0.5) is 5.69 Å². The number of hydrogen-bond acceptors (Lipinski definition) is 3. The van der Waals surface area contributed by atoms with Gasteiger partial charge in [0.1, 0.15) is 6.23 Å². The molecule has 0 aliphatic rings. The molecule has 3 nitrogen and oxygen atoms in total. The molecular weight excluding hydrogens is 164 g/mol. The van der Waals surface area contributed by atoms with Crippen molar-refractivity contribution in [2.24, 2.45) is 5.73 Å². The first kappa shape index (κ1) is 8.33. The Morgan fingerprint density at radius 2 is 2.09 bits per heavy atom. The molecule has 4 heteroatoms. The molecule has 1 aromatic carbocycles. The first-order chi connectivity index (χ1) is 5.11. The number of benzene rings is 1. The number of rotatable bonds is 1. The molecule has 60 valence electrons. The highest BCUT2D eigenvalue weighted by Gasteiger charge is 2.05. The molecule has 0 amide bonds. The van der Waals surface area contributed by atoms with E-state index in [1.807, 2.05) is 0 Å². The number of halogens is 1. The second-order valence-electron chi connectivity index (χ2n) is 2.23. The van der Waals surface area contributed by atoms with Crippen LogP contribution in [0.3, 0.4) is 0 Å². The summed E-state index contributed by atoms with van der Waals surface area (Å²) < 4.78 is 0. The summed E-state index contributed by atoms with van der Waals surface area (Å²) in [7, 11) is 0. The monoisotopic (exact) mass is 172 g/mol. The molecule has 1 unspecified atom stereocenters. The van der Waals surface area contributed by atoms with Gasteiger partial charge in [-0.1, -0.05) is 17.7 Å². The quantitative estimate of drug-likeness (QED) is 0.435. The molecular formula is C7H9ClN2O.